The lowest BCUT2D eigenvalue weighted by Gasteiger charge is -2.16. The molecule has 0 aromatic rings. The van der Waals surface area contributed by atoms with Gasteiger partial charge in [-0.05, 0) is 64.5 Å². The summed E-state index contributed by atoms with van der Waals surface area (Å²) >= 11 is 0. The van der Waals surface area contributed by atoms with Gasteiger partial charge in [0.05, 0.1) is 11.2 Å². The number of rotatable bonds is 9. The highest BCUT2D eigenvalue weighted by Crippen LogP contribution is 2.13. The Morgan fingerprint density at radius 2 is 1.38 bits per heavy atom. The van der Waals surface area contributed by atoms with Crippen LogP contribution in [-0.2, 0) is 39.2 Å². The van der Waals surface area contributed by atoms with E-state index in [4.69, 9.17) is 9.78 Å². The van der Waals surface area contributed by atoms with Gasteiger partial charge in [-0.2, -0.15) is 9.78 Å². The van der Waals surface area contributed by atoms with E-state index >= 15 is 0 Å². The smallest absolute Gasteiger partial charge is 0.264 e. The van der Waals surface area contributed by atoms with Crippen molar-refractivity contribution in [2.45, 2.75) is 78.9 Å². The summed E-state index contributed by atoms with van der Waals surface area (Å²) in [5.41, 5.74) is -1.23. The SMILES string of the molecule is CCCC/C(=C\C(=O)OOOC(C)(C)C)C(=O)OOOC(C)(C)C. The van der Waals surface area contributed by atoms with Crippen LogP contribution in [0.2, 0.25) is 0 Å². The van der Waals surface area contributed by atoms with Crippen molar-refractivity contribution < 1.29 is 39.2 Å². The first-order valence-corrected chi connectivity index (χ1v) is 7.78. The number of carbonyl (C=O) groups excluding carboxylic acids is 2. The van der Waals surface area contributed by atoms with Crippen molar-refractivity contribution in [3.63, 3.8) is 0 Å². The van der Waals surface area contributed by atoms with Gasteiger partial charge in [-0.3, -0.25) is 9.78 Å². The fourth-order valence-electron chi connectivity index (χ4n) is 1.12. The molecule has 0 rings (SSSR count). The summed E-state index contributed by atoms with van der Waals surface area (Å²) in [5, 5.41) is 8.80. The third-order valence-corrected chi connectivity index (χ3v) is 2.15. The van der Waals surface area contributed by atoms with Crippen molar-refractivity contribution in [3.8, 4) is 0 Å². The molecular weight excluding hydrogens is 320 g/mol. The Balaban J connectivity index is 4.60. The standard InChI is InChI=1S/C16H28O8/c1-8-9-10-12(14(18)20-24-22-16(5,6)7)11-13(17)19-23-21-15(2,3)4/h11H,8-10H2,1-7H3/b12-11+. The van der Waals surface area contributed by atoms with Crippen LogP contribution in [0.3, 0.4) is 0 Å². The van der Waals surface area contributed by atoms with E-state index in [1.807, 2.05) is 6.92 Å². The van der Waals surface area contributed by atoms with Gasteiger partial charge >= 0.3 is 11.9 Å². The number of hydrogen-bond donors (Lipinski definition) is 0. The van der Waals surface area contributed by atoms with Crippen LogP contribution in [0.25, 0.3) is 0 Å². The number of hydrogen-bond acceptors (Lipinski definition) is 8. The molecule has 8 nitrogen and oxygen atoms in total. The second-order valence-corrected chi connectivity index (χ2v) is 7.07. The van der Waals surface area contributed by atoms with E-state index in [-0.39, 0.29) is 5.57 Å². The molecule has 0 unspecified atom stereocenters. The molecule has 0 fully saturated rings. The van der Waals surface area contributed by atoms with Gasteiger partial charge in [0.1, 0.15) is 0 Å². The largest absolute Gasteiger partial charge is 0.372 e. The zero-order valence-electron chi connectivity index (χ0n) is 15.5. The van der Waals surface area contributed by atoms with E-state index in [1.165, 1.54) is 0 Å². The van der Waals surface area contributed by atoms with E-state index in [0.29, 0.717) is 12.8 Å². The fraction of sp³-hybridized carbons (Fsp3) is 0.750. The summed E-state index contributed by atoms with van der Waals surface area (Å²) in [4.78, 5) is 42.2. The molecule has 24 heavy (non-hydrogen) atoms. The van der Waals surface area contributed by atoms with Gasteiger partial charge in [0.2, 0.25) is 0 Å². The van der Waals surface area contributed by atoms with E-state index < -0.39 is 23.1 Å². The molecule has 0 aromatic heterocycles. The Labute approximate surface area is 142 Å². The summed E-state index contributed by atoms with van der Waals surface area (Å²) < 4.78 is 0. The van der Waals surface area contributed by atoms with Crippen LogP contribution in [0.4, 0.5) is 0 Å². The molecule has 140 valence electrons. The topological polar surface area (TPSA) is 89.5 Å². The van der Waals surface area contributed by atoms with Crippen LogP contribution < -0.4 is 0 Å². The van der Waals surface area contributed by atoms with Gasteiger partial charge < -0.3 is 0 Å². The molecule has 0 bridgehead atoms. The molecule has 0 atom stereocenters. The van der Waals surface area contributed by atoms with Gasteiger partial charge in [-0.15, -0.1) is 0 Å². The van der Waals surface area contributed by atoms with Crippen LogP contribution in [0.1, 0.15) is 67.7 Å². The highest BCUT2D eigenvalue weighted by atomic mass is 17.5. The maximum atomic E-state index is 11.9. The molecule has 0 aliphatic carbocycles. The zero-order chi connectivity index (χ0) is 18.8. The van der Waals surface area contributed by atoms with Crippen LogP contribution >= 0.6 is 0 Å². The van der Waals surface area contributed by atoms with Crippen LogP contribution in [0.15, 0.2) is 11.6 Å². The molecule has 0 heterocycles. The molecule has 0 saturated carbocycles. The van der Waals surface area contributed by atoms with Gasteiger partial charge in [0.25, 0.3) is 0 Å². The zero-order valence-corrected chi connectivity index (χ0v) is 15.5. The second-order valence-electron chi connectivity index (χ2n) is 7.07. The van der Waals surface area contributed by atoms with Crippen molar-refractivity contribution in [1.29, 1.82) is 0 Å². The van der Waals surface area contributed by atoms with Crippen molar-refractivity contribution in [2.75, 3.05) is 0 Å². The van der Waals surface area contributed by atoms with E-state index in [0.717, 1.165) is 12.5 Å². The van der Waals surface area contributed by atoms with E-state index in [9.17, 15) is 9.59 Å². The molecular formula is C16H28O8. The minimum Gasteiger partial charge on any atom is -0.264 e. The molecule has 0 aromatic carbocycles. The second kappa shape index (κ2) is 10.4. The maximum Gasteiger partial charge on any atom is 0.372 e. The average molecular weight is 348 g/mol. The Morgan fingerprint density at radius 3 is 1.83 bits per heavy atom. The predicted molar refractivity (Wildman–Crippen MR) is 83.6 cm³/mol. The normalized spacial score (nSPS) is 12.9. The Morgan fingerprint density at radius 1 is 0.875 bits per heavy atom. The maximum absolute atomic E-state index is 11.9. The van der Waals surface area contributed by atoms with Crippen LogP contribution in [0.5, 0.6) is 0 Å². The Bertz CT molecular complexity index is 428. The average Bonchev–Trinajstić information content (AvgIpc) is 2.40. The predicted octanol–water partition coefficient (Wildman–Crippen LogP) is 3.51. The first-order valence-electron chi connectivity index (χ1n) is 7.78. The van der Waals surface area contributed by atoms with Gasteiger partial charge in [0.15, 0.2) is 0 Å². The highest BCUT2D eigenvalue weighted by molar-refractivity contribution is 5.95. The van der Waals surface area contributed by atoms with Crippen molar-refractivity contribution in [3.05, 3.63) is 11.6 Å². The van der Waals surface area contributed by atoms with Crippen molar-refractivity contribution >= 4 is 11.9 Å². The summed E-state index contributed by atoms with van der Waals surface area (Å²) in [6, 6.07) is 0. The minimum absolute atomic E-state index is 0.0683. The molecule has 8 heteroatoms. The molecule has 0 aliphatic rings. The summed E-state index contributed by atoms with van der Waals surface area (Å²) in [7, 11) is 0. The summed E-state index contributed by atoms with van der Waals surface area (Å²) in [6.45, 7) is 12.3. The van der Waals surface area contributed by atoms with E-state index in [2.05, 4.69) is 19.9 Å². The molecule has 0 aliphatic heterocycles. The van der Waals surface area contributed by atoms with Gasteiger partial charge in [-0.1, -0.05) is 13.3 Å². The lowest BCUT2D eigenvalue weighted by Crippen LogP contribution is -2.22. The molecule has 0 spiro atoms. The Hall–Kier alpha value is -1.48. The summed E-state index contributed by atoms with van der Waals surface area (Å²) in [6.07, 6.45) is 2.77. The lowest BCUT2D eigenvalue weighted by molar-refractivity contribution is -0.514. The summed E-state index contributed by atoms with van der Waals surface area (Å²) in [5.74, 6) is -1.75. The molecule has 0 saturated heterocycles. The van der Waals surface area contributed by atoms with Gasteiger partial charge in [-0.25, -0.2) is 9.59 Å². The third kappa shape index (κ3) is 13.0. The van der Waals surface area contributed by atoms with E-state index in [1.54, 1.807) is 41.5 Å². The minimum atomic E-state index is -0.904. The van der Waals surface area contributed by atoms with Crippen LogP contribution in [-0.4, -0.2) is 23.1 Å². The first-order chi connectivity index (χ1) is 10.9. The monoisotopic (exact) mass is 348 g/mol. The molecule has 0 N–H and O–H groups in total. The van der Waals surface area contributed by atoms with Crippen molar-refractivity contribution in [1.82, 2.24) is 0 Å². The number of unbranched alkanes of at least 4 members (excludes halogenated alkanes) is 1. The van der Waals surface area contributed by atoms with Crippen LogP contribution in [0, 0.1) is 0 Å². The third-order valence-electron chi connectivity index (χ3n) is 2.15. The Kier molecular flexibility index (Phi) is 9.76. The van der Waals surface area contributed by atoms with Crippen molar-refractivity contribution in [2.24, 2.45) is 0 Å². The molecule has 0 amide bonds. The molecule has 0 radical (unpaired) electrons. The first kappa shape index (κ1) is 22.5. The highest BCUT2D eigenvalue weighted by Gasteiger charge is 2.19. The lowest BCUT2D eigenvalue weighted by atomic mass is 10.1. The fourth-order valence-corrected chi connectivity index (χ4v) is 1.12. The quantitative estimate of drug-likeness (QED) is 0.355. The van der Waals surface area contributed by atoms with Gasteiger partial charge in [0, 0.05) is 11.6 Å². The number of carbonyl (C=O) groups is 2.